The third-order valence-electron chi connectivity index (χ3n) is 5.59. The minimum atomic E-state index is -0.409. The Kier molecular flexibility index (Phi) is 5.68. The van der Waals surface area contributed by atoms with Crippen LogP contribution in [0.3, 0.4) is 0 Å². The average Bonchev–Trinajstić information content (AvgIpc) is 3.34. The van der Waals surface area contributed by atoms with Gasteiger partial charge in [0.25, 0.3) is 0 Å². The summed E-state index contributed by atoms with van der Waals surface area (Å²) in [6, 6.07) is 22.2. The fourth-order valence-corrected chi connectivity index (χ4v) is 5.37. The molecule has 3 aromatic carbocycles. The molecule has 164 valence electrons. The maximum absolute atomic E-state index is 12.6. The number of hydrogen-bond acceptors (Lipinski definition) is 3. The first-order chi connectivity index (χ1) is 15.9. The highest BCUT2D eigenvalue weighted by Gasteiger charge is 2.15. The molecule has 0 fully saturated rings. The molecule has 0 bridgehead atoms. The van der Waals surface area contributed by atoms with E-state index in [4.69, 9.17) is 4.42 Å². The number of aromatic nitrogens is 1. The molecule has 0 aliphatic carbocycles. The predicted octanol–water partition coefficient (Wildman–Crippen LogP) is 7.28. The molecule has 5 nitrogen and oxygen atoms in total. The van der Waals surface area contributed by atoms with Crippen LogP contribution in [-0.2, 0) is 0 Å². The summed E-state index contributed by atoms with van der Waals surface area (Å²) < 4.78 is 9.56. The second-order valence-corrected chi connectivity index (χ2v) is 9.58. The van der Waals surface area contributed by atoms with Crippen LogP contribution in [0.1, 0.15) is 27.5 Å². The molecule has 5 rings (SSSR count). The van der Waals surface area contributed by atoms with Gasteiger partial charge in [0, 0.05) is 32.5 Å². The first-order valence-electron chi connectivity index (χ1n) is 10.3. The molecule has 0 aliphatic heterocycles. The molecule has 0 aliphatic rings. The van der Waals surface area contributed by atoms with E-state index in [1.165, 1.54) is 10.8 Å². The third-order valence-corrected chi connectivity index (χ3v) is 6.64. The van der Waals surface area contributed by atoms with Gasteiger partial charge in [-0.15, -0.1) is 0 Å². The zero-order valence-electron chi connectivity index (χ0n) is 17.9. The van der Waals surface area contributed by atoms with Crippen molar-refractivity contribution in [1.82, 2.24) is 9.99 Å². The monoisotopic (exact) mass is 563 g/mol. The molecule has 5 aromatic rings. The fourth-order valence-electron chi connectivity index (χ4n) is 4.03. The van der Waals surface area contributed by atoms with Gasteiger partial charge in [-0.3, -0.25) is 4.79 Å². The van der Waals surface area contributed by atoms with Crippen molar-refractivity contribution in [3.63, 3.8) is 0 Å². The van der Waals surface area contributed by atoms with Crippen LogP contribution in [-0.4, -0.2) is 16.7 Å². The Morgan fingerprint density at radius 3 is 2.58 bits per heavy atom. The lowest BCUT2D eigenvalue weighted by molar-refractivity contribution is 0.0929. The SMILES string of the molecule is Cc1cc(/C=N\NC(=O)c2cc3cc(Br)cc(Br)c3o2)c(C)n1-c1ccc2ccccc2c1. The van der Waals surface area contributed by atoms with Crippen molar-refractivity contribution >= 4 is 65.7 Å². The lowest BCUT2D eigenvalue weighted by Gasteiger charge is -2.11. The Morgan fingerprint density at radius 1 is 0.970 bits per heavy atom. The summed E-state index contributed by atoms with van der Waals surface area (Å²) in [7, 11) is 0. The third kappa shape index (κ3) is 4.14. The number of fused-ring (bicyclic) bond motifs is 2. The van der Waals surface area contributed by atoms with E-state index in [1.807, 2.05) is 31.2 Å². The highest BCUT2D eigenvalue weighted by Crippen LogP contribution is 2.31. The van der Waals surface area contributed by atoms with Crippen molar-refractivity contribution in [3.05, 3.63) is 98.4 Å². The summed E-state index contributed by atoms with van der Waals surface area (Å²) in [5.41, 5.74) is 7.32. The number of nitrogens with one attached hydrogen (secondary N) is 1. The van der Waals surface area contributed by atoms with Crippen LogP contribution in [0.25, 0.3) is 27.4 Å². The largest absolute Gasteiger partial charge is 0.450 e. The van der Waals surface area contributed by atoms with Crippen molar-refractivity contribution in [2.24, 2.45) is 5.10 Å². The van der Waals surface area contributed by atoms with Gasteiger partial charge in [-0.2, -0.15) is 5.10 Å². The molecule has 1 amide bonds. The molecule has 0 spiro atoms. The number of benzene rings is 3. The van der Waals surface area contributed by atoms with Crippen molar-refractivity contribution in [1.29, 1.82) is 0 Å². The highest BCUT2D eigenvalue weighted by atomic mass is 79.9. The molecule has 0 saturated heterocycles. The molecule has 33 heavy (non-hydrogen) atoms. The smallest absolute Gasteiger partial charge is 0.307 e. The van der Waals surface area contributed by atoms with Gasteiger partial charge >= 0.3 is 5.91 Å². The summed E-state index contributed by atoms with van der Waals surface area (Å²) >= 11 is 6.90. The number of hydrogen-bond donors (Lipinski definition) is 1. The molecule has 0 saturated carbocycles. The fraction of sp³-hybridized carbons (Fsp3) is 0.0769. The van der Waals surface area contributed by atoms with Gasteiger partial charge in [-0.1, -0.05) is 46.3 Å². The minimum absolute atomic E-state index is 0.197. The van der Waals surface area contributed by atoms with E-state index >= 15 is 0 Å². The van der Waals surface area contributed by atoms with E-state index in [9.17, 15) is 4.79 Å². The Labute approximate surface area is 207 Å². The number of nitrogens with zero attached hydrogens (tertiary/aromatic N) is 2. The molecule has 0 unspecified atom stereocenters. The Morgan fingerprint density at radius 2 is 1.76 bits per heavy atom. The van der Waals surface area contributed by atoms with Crippen LogP contribution in [0, 0.1) is 13.8 Å². The molecule has 7 heteroatoms. The summed E-state index contributed by atoms with van der Waals surface area (Å²) in [6.45, 7) is 4.10. The number of carbonyl (C=O) groups excluding carboxylic acids is 1. The lowest BCUT2D eigenvalue weighted by Crippen LogP contribution is -2.16. The number of rotatable bonds is 4. The summed E-state index contributed by atoms with van der Waals surface area (Å²) in [6.07, 6.45) is 1.66. The van der Waals surface area contributed by atoms with Gasteiger partial charge in [0.2, 0.25) is 0 Å². The zero-order valence-corrected chi connectivity index (χ0v) is 21.1. The van der Waals surface area contributed by atoms with Crippen molar-refractivity contribution in [2.45, 2.75) is 13.8 Å². The summed E-state index contributed by atoms with van der Waals surface area (Å²) in [5.74, 6) is -0.212. The van der Waals surface area contributed by atoms with E-state index < -0.39 is 5.91 Å². The van der Waals surface area contributed by atoms with Gasteiger partial charge in [0.1, 0.15) is 5.58 Å². The van der Waals surface area contributed by atoms with Gasteiger partial charge in [-0.25, -0.2) is 5.43 Å². The summed E-state index contributed by atoms with van der Waals surface area (Å²) in [4.78, 5) is 12.6. The van der Waals surface area contributed by atoms with Crippen molar-refractivity contribution in [3.8, 4) is 5.69 Å². The topological polar surface area (TPSA) is 59.5 Å². The van der Waals surface area contributed by atoms with E-state index in [0.29, 0.717) is 5.58 Å². The van der Waals surface area contributed by atoms with Crippen molar-refractivity contribution in [2.75, 3.05) is 0 Å². The second kappa shape index (κ2) is 8.65. The normalized spacial score (nSPS) is 11.6. The van der Waals surface area contributed by atoms with Crippen LogP contribution >= 0.6 is 31.9 Å². The standard InChI is InChI=1S/C26H19Br2N3O2/c1-15-9-20(16(2)31(15)22-8-7-17-5-3-4-6-18(17)11-22)14-29-30-26(32)24-12-19-10-21(27)13-23(28)25(19)33-24/h3-14H,1-2H3,(H,30,32)/b29-14-. The van der Waals surface area contributed by atoms with Crippen molar-refractivity contribution < 1.29 is 9.21 Å². The molecule has 1 N–H and O–H groups in total. The summed E-state index contributed by atoms with van der Waals surface area (Å²) in [5, 5.41) is 7.39. The van der Waals surface area contributed by atoms with E-state index in [0.717, 1.165) is 37.0 Å². The predicted molar refractivity (Wildman–Crippen MR) is 139 cm³/mol. The molecule has 0 radical (unpaired) electrons. The number of carbonyl (C=O) groups is 1. The van der Waals surface area contributed by atoms with Crippen LogP contribution in [0.15, 0.2) is 85.2 Å². The molecular formula is C26H19Br2N3O2. The maximum Gasteiger partial charge on any atom is 0.307 e. The average molecular weight is 565 g/mol. The highest BCUT2D eigenvalue weighted by molar-refractivity contribution is 9.11. The van der Waals surface area contributed by atoms with Crippen LogP contribution in [0.2, 0.25) is 0 Å². The van der Waals surface area contributed by atoms with Crippen LogP contribution < -0.4 is 5.43 Å². The molecule has 2 aromatic heterocycles. The Balaban J connectivity index is 1.38. The van der Waals surface area contributed by atoms with E-state index in [-0.39, 0.29) is 5.76 Å². The Bertz CT molecular complexity index is 1560. The number of halogens is 2. The number of hydrazone groups is 1. The minimum Gasteiger partial charge on any atom is -0.450 e. The van der Waals surface area contributed by atoms with E-state index in [2.05, 4.69) is 90.3 Å². The first-order valence-corrected chi connectivity index (χ1v) is 11.9. The van der Waals surface area contributed by atoms with Gasteiger partial charge < -0.3 is 8.98 Å². The number of amides is 1. The first kappa shape index (κ1) is 21.7. The quantitative estimate of drug-likeness (QED) is 0.184. The van der Waals surface area contributed by atoms with Crippen LogP contribution in [0.4, 0.5) is 0 Å². The molecular weight excluding hydrogens is 546 g/mol. The lowest BCUT2D eigenvalue weighted by atomic mass is 10.1. The number of furan rings is 1. The zero-order chi connectivity index (χ0) is 23.1. The number of aryl methyl sites for hydroxylation is 1. The maximum atomic E-state index is 12.6. The van der Waals surface area contributed by atoms with E-state index in [1.54, 1.807) is 12.3 Å². The Hall–Kier alpha value is -3.16. The second-order valence-electron chi connectivity index (χ2n) is 7.81. The van der Waals surface area contributed by atoms with Crippen LogP contribution in [0.5, 0.6) is 0 Å². The van der Waals surface area contributed by atoms with Gasteiger partial charge in [0.05, 0.1) is 10.7 Å². The molecule has 2 heterocycles. The van der Waals surface area contributed by atoms with Gasteiger partial charge in [-0.05, 0) is 76.9 Å². The van der Waals surface area contributed by atoms with Gasteiger partial charge in [0.15, 0.2) is 5.76 Å². The molecule has 0 atom stereocenters.